The van der Waals surface area contributed by atoms with Crippen LogP contribution in [-0.2, 0) is 0 Å². The molecule has 1 atom stereocenters. The first-order valence-corrected chi connectivity index (χ1v) is 19.5. The fraction of sp³-hybridized carbons (Fsp3) is 0.176. The zero-order valence-corrected chi connectivity index (χ0v) is 33.7. The average molecular weight is 736 g/mol. The first-order chi connectivity index (χ1) is 27.4. The van der Waals surface area contributed by atoms with E-state index in [0.29, 0.717) is 5.82 Å². The third kappa shape index (κ3) is 9.42. The van der Waals surface area contributed by atoms with Crippen molar-refractivity contribution in [1.29, 1.82) is 0 Å². The van der Waals surface area contributed by atoms with Gasteiger partial charge in [-0.25, -0.2) is 9.97 Å². The predicted octanol–water partition coefficient (Wildman–Crippen LogP) is 13.5. The molecule has 0 aliphatic carbocycles. The Hall–Kier alpha value is -6.46. The molecule has 0 bridgehead atoms. The minimum absolute atomic E-state index is 0.279. The van der Waals surface area contributed by atoms with Crippen molar-refractivity contribution in [3.05, 3.63) is 169 Å². The normalized spacial score (nSPS) is 12.4. The van der Waals surface area contributed by atoms with Gasteiger partial charge in [-0.1, -0.05) is 123 Å². The molecule has 0 saturated carbocycles. The highest BCUT2D eigenvalue weighted by molar-refractivity contribution is 5.82. The van der Waals surface area contributed by atoms with E-state index in [-0.39, 0.29) is 5.92 Å². The zero-order valence-electron chi connectivity index (χ0n) is 33.7. The predicted molar refractivity (Wildman–Crippen MR) is 243 cm³/mol. The lowest BCUT2D eigenvalue weighted by Gasteiger charge is -2.14. The summed E-state index contributed by atoms with van der Waals surface area (Å²) < 4.78 is 0. The van der Waals surface area contributed by atoms with Gasteiger partial charge in [0.05, 0.1) is 11.4 Å². The van der Waals surface area contributed by atoms with Crippen molar-refractivity contribution >= 4 is 22.6 Å². The zero-order chi connectivity index (χ0) is 39.4. The molecule has 6 rings (SSSR count). The molecule has 3 N–H and O–H groups in total. The average Bonchev–Trinajstić information content (AvgIpc) is 3.26. The van der Waals surface area contributed by atoms with Crippen molar-refractivity contribution in [2.24, 2.45) is 0 Å². The van der Waals surface area contributed by atoms with Gasteiger partial charge < -0.3 is 16.0 Å². The second-order valence-corrected chi connectivity index (χ2v) is 13.8. The van der Waals surface area contributed by atoms with Crippen LogP contribution in [0, 0.1) is 0 Å². The number of aromatic nitrogens is 2. The first-order valence-electron chi connectivity index (χ1n) is 19.5. The summed E-state index contributed by atoms with van der Waals surface area (Å²) in [6, 6.07) is 41.2. The second-order valence-electron chi connectivity index (χ2n) is 13.8. The number of rotatable bonds is 14. The molecule has 1 unspecified atom stereocenters. The molecule has 0 aliphatic rings. The lowest BCUT2D eigenvalue weighted by Crippen LogP contribution is -1.97. The van der Waals surface area contributed by atoms with Crippen LogP contribution in [0.5, 0.6) is 0 Å². The molecule has 0 radical (unpaired) electrons. The number of nitrogens with one attached hydrogen (secondary N) is 3. The Balaban J connectivity index is 1.38. The molecule has 56 heavy (non-hydrogen) atoms. The summed E-state index contributed by atoms with van der Waals surface area (Å²) in [6.45, 7) is 8.52. The van der Waals surface area contributed by atoms with Crippen LogP contribution in [0.25, 0.3) is 61.7 Å². The number of hydrogen-bond acceptors (Lipinski definition) is 5. The molecular weight excluding hydrogens is 683 g/mol. The largest absolute Gasteiger partial charge is 0.388 e. The van der Waals surface area contributed by atoms with Crippen LogP contribution < -0.4 is 16.0 Å². The van der Waals surface area contributed by atoms with Crippen LogP contribution in [0.4, 0.5) is 17.1 Å². The SMILES string of the molecule is C/C=C\C=C/C(C)c1cc(NC)cc(-c2ccc(-c3cc(-c4ccc(-c5cc(NC)cc(C(/C=C\CC)=C/C)c5)cc4)nc(-c4cccc(NC)c4)n3)cc2)c1. The van der Waals surface area contributed by atoms with E-state index >= 15 is 0 Å². The van der Waals surface area contributed by atoms with Crippen LogP contribution in [0.1, 0.15) is 51.2 Å². The van der Waals surface area contributed by atoms with Gasteiger partial charge in [0.15, 0.2) is 5.82 Å². The molecule has 0 amide bonds. The molecule has 5 heteroatoms. The number of hydrogen-bond donors (Lipinski definition) is 3. The van der Waals surface area contributed by atoms with Crippen LogP contribution in [0.15, 0.2) is 158 Å². The maximum absolute atomic E-state index is 5.14. The fourth-order valence-electron chi connectivity index (χ4n) is 6.74. The summed E-state index contributed by atoms with van der Waals surface area (Å²) >= 11 is 0. The summed E-state index contributed by atoms with van der Waals surface area (Å²) in [5, 5.41) is 9.97. The van der Waals surface area contributed by atoms with Crippen LogP contribution in [0.3, 0.4) is 0 Å². The molecule has 0 aliphatic heterocycles. The molecule has 5 aromatic carbocycles. The van der Waals surface area contributed by atoms with Crippen molar-refractivity contribution in [2.75, 3.05) is 37.1 Å². The molecular formula is C51H53N5. The molecule has 0 fully saturated rings. The third-order valence-electron chi connectivity index (χ3n) is 10.0. The van der Waals surface area contributed by atoms with E-state index in [1.54, 1.807) is 0 Å². The van der Waals surface area contributed by atoms with Crippen molar-refractivity contribution in [3.8, 4) is 56.2 Å². The maximum Gasteiger partial charge on any atom is 0.160 e. The topological polar surface area (TPSA) is 61.9 Å². The van der Waals surface area contributed by atoms with E-state index in [1.165, 1.54) is 22.3 Å². The number of anilines is 3. The van der Waals surface area contributed by atoms with Gasteiger partial charge in [-0.05, 0) is 114 Å². The molecule has 0 spiro atoms. The molecule has 1 heterocycles. The number of nitrogens with zero attached hydrogens (tertiary/aromatic N) is 2. The quantitative estimate of drug-likeness (QED) is 0.0972. The summed E-state index contributed by atoms with van der Waals surface area (Å²) in [5.74, 6) is 0.959. The van der Waals surface area contributed by atoms with Crippen molar-refractivity contribution in [3.63, 3.8) is 0 Å². The van der Waals surface area contributed by atoms with Crippen LogP contribution in [-0.4, -0.2) is 31.1 Å². The van der Waals surface area contributed by atoms with E-state index in [1.807, 2.05) is 46.3 Å². The van der Waals surface area contributed by atoms with Crippen LogP contribution >= 0.6 is 0 Å². The molecule has 0 saturated heterocycles. The van der Waals surface area contributed by atoms with Gasteiger partial charge in [-0.3, -0.25) is 0 Å². The first kappa shape index (κ1) is 39.2. The van der Waals surface area contributed by atoms with E-state index < -0.39 is 0 Å². The van der Waals surface area contributed by atoms with Crippen LogP contribution in [0.2, 0.25) is 0 Å². The van der Waals surface area contributed by atoms with Crippen molar-refractivity contribution in [1.82, 2.24) is 9.97 Å². The Labute approximate surface area is 333 Å². The van der Waals surface area contributed by atoms with Gasteiger partial charge in [0.2, 0.25) is 0 Å². The highest BCUT2D eigenvalue weighted by Crippen LogP contribution is 2.34. The monoisotopic (exact) mass is 735 g/mol. The minimum Gasteiger partial charge on any atom is -0.388 e. The van der Waals surface area contributed by atoms with Crippen molar-refractivity contribution in [2.45, 2.75) is 40.0 Å². The Morgan fingerprint density at radius 2 is 1.16 bits per heavy atom. The van der Waals surface area contributed by atoms with Gasteiger partial charge in [-0.2, -0.15) is 0 Å². The van der Waals surface area contributed by atoms with E-state index in [2.05, 4.69) is 176 Å². The fourth-order valence-corrected chi connectivity index (χ4v) is 6.74. The standard InChI is InChI=1S/C51H53N5/c1-8-11-13-15-35(4)42-27-44(32-47(30-42)53-6)37-19-23-39(24-20-37)49-34-50(56-51(55-49)41-17-14-18-46(29-41)52-5)40-25-21-38(22-26-40)45-28-43(31-48(33-45)54-7)36(10-3)16-12-9-2/h8,10-35,52-54H,9H2,1-7H3/b11-8-,15-13-,16-12-,36-10+. The Bertz CT molecular complexity index is 2380. The van der Waals surface area contributed by atoms with Gasteiger partial charge >= 0.3 is 0 Å². The molecule has 5 nitrogen and oxygen atoms in total. The Morgan fingerprint density at radius 1 is 0.589 bits per heavy atom. The summed E-state index contributed by atoms with van der Waals surface area (Å²) in [5.41, 5.74) is 16.2. The molecule has 6 aromatic rings. The highest BCUT2D eigenvalue weighted by Gasteiger charge is 2.14. The molecule has 1 aromatic heterocycles. The van der Waals surface area contributed by atoms with E-state index in [9.17, 15) is 0 Å². The second kappa shape index (κ2) is 18.7. The van der Waals surface area contributed by atoms with Gasteiger partial charge in [0.1, 0.15) is 0 Å². The lowest BCUT2D eigenvalue weighted by molar-refractivity contribution is 0.968. The summed E-state index contributed by atoms with van der Waals surface area (Å²) in [4.78, 5) is 10.3. The third-order valence-corrected chi connectivity index (χ3v) is 10.0. The summed E-state index contributed by atoms with van der Waals surface area (Å²) in [6.07, 6.45) is 16.0. The van der Waals surface area contributed by atoms with Gasteiger partial charge in [-0.15, -0.1) is 0 Å². The lowest BCUT2D eigenvalue weighted by atomic mass is 9.94. The Morgan fingerprint density at radius 3 is 1.73 bits per heavy atom. The van der Waals surface area contributed by atoms with Gasteiger partial charge in [0.25, 0.3) is 0 Å². The maximum atomic E-state index is 5.14. The van der Waals surface area contributed by atoms with Crippen molar-refractivity contribution < 1.29 is 0 Å². The number of benzene rings is 5. The minimum atomic E-state index is 0.279. The number of allylic oxidation sites excluding steroid dienone is 8. The summed E-state index contributed by atoms with van der Waals surface area (Å²) in [7, 11) is 5.87. The molecule has 282 valence electrons. The van der Waals surface area contributed by atoms with E-state index in [4.69, 9.17) is 9.97 Å². The Kier molecular flexibility index (Phi) is 13.1. The van der Waals surface area contributed by atoms with E-state index in [0.717, 1.165) is 68.3 Å². The highest BCUT2D eigenvalue weighted by atomic mass is 14.9. The smallest absolute Gasteiger partial charge is 0.160 e. The van der Waals surface area contributed by atoms with Gasteiger partial charge in [0, 0.05) is 54.9 Å².